The number of carboxylic acids is 1. The third-order valence-corrected chi connectivity index (χ3v) is 5.35. The van der Waals surface area contributed by atoms with Crippen LogP contribution in [0.2, 0.25) is 0 Å². The smallest absolute Gasteiger partial charge is 0.345 e. The lowest BCUT2D eigenvalue weighted by Gasteiger charge is -2.22. The molecule has 2 aromatic carbocycles. The minimum absolute atomic E-state index is 0.0701. The van der Waals surface area contributed by atoms with E-state index in [1.165, 1.54) is 6.07 Å². The summed E-state index contributed by atoms with van der Waals surface area (Å²) in [6.45, 7) is 0. The molecule has 0 bridgehead atoms. The lowest BCUT2D eigenvalue weighted by atomic mass is 10.1. The highest BCUT2D eigenvalue weighted by Crippen LogP contribution is 2.31. The molecule has 0 aliphatic carbocycles. The first-order valence-electron chi connectivity index (χ1n) is 8.97. The van der Waals surface area contributed by atoms with Crippen LogP contribution in [0.3, 0.4) is 0 Å². The monoisotopic (exact) mass is 420 g/mol. The molecule has 0 aliphatic heterocycles. The Kier molecular flexibility index (Phi) is 5.27. The molecule has 0 saturated carbocycles. The van der Waals surface area contributed by atoms with Gasteiger partial charge >= 0.3 is 5.97 Å². The van der Waals surface area contributed by atoms with E-state index >= 15 is 0 Å². The van der Waals surface area contributed by atoms with Gasteiger partial charge in [0.1, 0.15) is 9.71 Å². The normalized spacial score (nSPS) is 10.7. The number of hydrogen-bond acceptors (Lipinski definition) is 5. The summed E-state index contributed by atoms with van der Waals surface area (Å²) in [6.07, 6.45) is 0.0701. The van der Waals surface area contributed by atoms with E-state index in [2.05, 4.69) is 15.6 Å². The third kappa shape index (κ3) is 3.91. The largest absolute Gasteiger partial charge is 0.477 e. The van der Waals surface area contributed by atoms with E-state index in [1.54, 1.807) is 30.3 Å². The Morgan fingerprint density at radius 1 is 1.03 bits per heavy atom. The first-order valence-corrected chi connectivity index (χ1v) is 9.78. The molecule has 4 rings (SSSR count). The fourth-order valence-electron chi connectivity index (χ4n) is 2.94. The quantitative estimate of drug-likeness (QED) is 0.429. The molecule has 0 radical (unpaired) electrons. The summed E-state index contributed by atoms with van der Waals surface area (Å²) in [5, 5.41) is 17.6. The van der Waals surface area contributed by atoms with Gasteiger partial charge < -0.3 is 5.11 Å². The number of nitrogens with zero attached hydrogens (tertiary/aromatic N) is 2. The SMILES string of the molecule is O=C(Cc1ccccc1)NN(C(=O)c1ccccc1)c1[nH]nc2sc(C(=O)O)cc12. The van der Waals surface area contributed by atoms with Gasteiger partial charge in [-0.05, 0) is 23.8 Å². The molecule has 3 N–H and O–H groups in total. The number of thiophene rings is 1. The van der Waals surface area contributed by atoms with Crippen molar-refractivity contribution < 1.29 is 19.5 Å². The lowest BCUT2D eigenvalue weighted by molar-refractivity contribution is -0.120. The van der Waals surface area contributed by atoms with E-state index in [9.17, 15) is 19.5 Å². The Labute approximate surface area is 174 Å². The number of carboxylic acid groups (broad SMARTS) is 1. The van der Waals surface area contributed by atoms with Crippen LogP contribution in [0, 0.1) is 0 Å². The van der Waals surface area contributed by atoms with E-state index in [0.29, 0.717) is 15.8 Å². The molecule has 30 heavy (non-hydrogen) atoms. The summed E-state index contributed by atoms with van der Waals surface area (Å²) < 4.78 is 0. The molecule has 0 aliphatic rings. The zero-order chi connectivity index (χ0) is 21.1. The Hall–Kier alpha value is -3.98. The van der Waals surface area contributed by atoms with Crippen LogP contribution in [0.5, 0.6) is 0 Å². The van der Waals surface area contributed by atoms with Crippen molar-refractivity contribution in [3.05, 3.63) is 82.7 Å². The second-order valence-electron chi connectivity index (χ2n) is 6.41. The van der Waals surface area contributed by atoms with Crippen molar-refractivity contribution in [1.82, 2.24) is 15.6 Å². The zero-order valence-electron chi connectivity index (χ0n) is 15.5. The van der Waals surface area contributed by atoms with Gasteiger partial charge in [0.2, 0.25) is 5.91 Å². The van der Waals surface area contributed by atoms with Gasteiger partial charge in [-0.15, -0.1) is 11.3 Å². The number of anilines is 1. The van der Waals surface area contributed by atoms with Gasteiger partial charge in [-0.2, -0.15) is 10.1 Å². The second-order valence-corrected chi connectivity index (χ2v) is 7.44. The van der Waals surface area contributed by atoms with E-state index in [4.69, 9.17) is 0 Å². The second kappa shape index (κ2) is 8.18. The number of fused-ring (bicyclic) bond motifs is 1. The molecule has 8 nitrogen and oxygen atoms in total. The zero-order valence-corrected chi connectivity index (χ0v) is 16.3. The van der Waals surface area contributed by atoms with Crippen molar-refractivity contribution in [2.75, 3.05) is 5.01 Å². The Morgan fingerprint density at radius 2 is 1.70 bits per heavy atom. The highest BCUT2D eigenvalue weighted by molar-refractivity contribution is 7.20. The maximum absolute atomic E-state index is 13.2. The van der Waals surface area contributed by atoms with E-state index in [-0.39, 0.29) is 17.1 Å². The minimum atomic E-state index is -1.09. The maximum Gasteiger partial charge on any atom is 0.345 e. The van der Waals surface area contributed by atoms with Gasteiger partial charge in [0.25, 0.3) is 5.91 Å². The molecule has 0 fully saturated rings. The fraction of sp³-hybridized carbons (Fsp3) is 0.0476. The van der Waals surface area contributed by atoms with E-state index < -0.39 is 17.8 Å². The number of benzene rings is 2. The van der Waals surface area contributed by atoms with Gasteiger partial charge in [0, 0.05) is 5.56 Å². The van der Waals surface area contributed by atoms with Crippen LogP contribution in [-0.4, -0.2) is 33.1 Å². The molecule has 0 saturated heterocycles. The topological polar surface area (TPSA) is 115 Å². The number of rotatable bonds is 5. The Bertz CT molecular complexity index is 1220. The maximum atomic E-state index is 13.2. The molecule has 4 aromatic rings. The summed E-state index contributed by atoms with van der Waals surface area (Å²) >= 11 is 0.980. The predicted octanol–water partition coefficient (Wildman–Crippen LogP) is 3.24. The van der Waals surface area contributed by atoms with Crippen LogP contribution in [-0.2, 0) is 11.2 Å². The van der Waals surface area contributed by atoms with Crippen molar-refractivity contribution in [2.24, 2.45) is 0 Å². The van der Waals surface area contributed by atoms with Crippen molar-refractivity contribution in [2.45, 2.75) is 6.42 Å². The van der Waals surface area contributed by atoms with Crippen molar-refractivity contribution in [1.29, 1.82) is 0 Å². The van der Waals surface area contributed by atoms with Gasteiger partial charge in [-0.3, -0.25) is 20.1 Å². The van der Waals surface area contributed by atoms with E-state index in [1.807, 2.05) is 30.3 Å². The average Bonchev–Trinajstić information content (AvgIpc) is 3.34. The van der Waals surface area contributed by atoms with Crippen LogP contribution in [0.1, 0.15) is 25.6 Å². The molecule has 0 atom stereocenters. The summed E-state index contributed by atoms with van der Waals surface area (Å²) in [5.74, 6) is -1.77. The molecule has 2 aromatic heterocycles. The number of aromatic amines is 1. The number of hydrogen-bond donors (Lipinski definition) is 3. The van der Waals surface area contributed by atoms with Crippen molar-refractivity contribution in [3.63, 3.8) is 0 Å². The lowest BCUT2D eigenvalue weighted by Crippen LogP contribution is -2.47. The number of carbonyl (C=O) groups is 3. The molecule has 9 heteroatoms. The van der Waals surface area contributed by atoms with E-state index in [0.717, 1.165) is 21.9 Å². The number of aromatic nitrogens is 2. The molecular weight excluding hydrogens is 404 g/mol. The summed E-state index contributed by atoms with van der Waals surface area (Å²) in [5.41, 5.74) is 3.78. The van der Waals surface area contributed by atoms with Gasteiger partial charge in [0.15, 0.2) is 5.82 Å². The molecule has 0 unspecified atom stereocenters. The molecular formula is C21H16N4O4S. The standard InChI is InChI=1S/C21H16N4O4S/c26-17(11-13-7-3-1-4-8-13)24-25(20(27)14-9-5-2-6-10-14)18-15-12-16(21(28)29)30-19(15)23-22-18/h1-10,12H,11H2,(H,22,23)(H,24,26)(H,28,29). The number of hydrazine groups is 1. The number of amides is 2. The highest BCUT2D eigenvalue weighted by atomic mass is 32.1. The predicted molar refractivity (Wildman–Crippen MR) is 112 cm³/mol. The van der Waals surface area contributed by atoms with Gasteiger partial charge in [0.05, 0.1) is 11.8 Å². The number of aromatic carboxylic acids is 1. The molecule has 2 heterocycles. The van der Waals surface area contributed by atoms with Crippen LogP contribution < -0.4 is 10.4 Å². The Morgan fingerprint density at radius 3 is 2.37 bits per heavy atom. The van der Waals surface area contributed by atoms with Crippen LogP contribution in [0.4, 0.5) is 5.82 Å². The number of H-pyrrole nitrogens is 1. The Balaban J connectivity index is 1.69. The first kappa shape index (κ1) is 19.3. The average molecular weight is 420 g/mol. The first-order chi connectivity index (χ1) is 14.5. The molecule has 2 amide bonds. The van der Waals surface area contributed by atoms with Gasteiger partial charge in [-0.1, -0.05) is 48.5 Å². The third-order valence-electron chi connectivity index (χ3n) is 4.33. The molecule has 0 spiro atoms. The van der Waals surface area contributed by atoms with Crippen LogP contribution >= 0.6 is 11.3 Å². The van der Waals surface area contributed by atoms with Gasteiger partial charge in [-0.25, -0.2) is 4.79 Å². The minimum Gasteiger partial charge on any atom is -0.477 e. The highest BCUT2D eigenvalue weighted by Gasteiger charge is 2.25. The van der Waals surface area contributed by atoms with Crippen LogP contribution in [0.25, 0.3) is 10.2 Å². The summed E-state index contributed by atoms with van der Waals surface area (Å²) in [4.78, 5) is 37.7. The van der Waals surface area contributed by atoms with Crippen molar-refractivity contribution >= 4 is 45.2 Å². The fourth-order valence-corrected chi connectivity index (χ4v) is 3.77. The molecule has 150 valence electrons. The van der Waals surface area contributed by atoms with Crippen molar-refractivity contribution in [3.8, 4) is 0 Å². The number of nitrogens with one attached hydrogen (secondary N) is 2. The van der Waals surface area contributed by atoms with Crippen LogP contribution in [0.15, 0.2) is 66.7 Å². The number of carbonyl (C=O) groups excluding carboxylic acids is 2. The summed E-state index contributed by atoms with van der Waals surface area (Å²) in [7, 11) is 0. The summed E-state index contributed by atoms with van der Waals surface area (Å²) in [6, 6.07) is 19.0.